The third kappa shape index (κ3) is 2.31. The molecule has 2 unspecified atom stereocenters. The molecule has 2 atom stereocenters. The SMILES string of the molecule is N#Cc1ccc(C2=CC3CCC(C2)S3(=O)=O)cc1C(F)(F)F. The smallest absolute Gasteiger partial charge is 0.228 e. The van der Waals surface area contributed by atoms with E-state index in [1.54, 1.807) is 6.08 Å². The van der Waals surface area contributed by atoms with Crippen molar-refractivity contribution >= 4 is 15.4 Å². The third-order valence-corrected chi connectivity index (χ3v) is 6.86. The van der Waals surface area contributed by atoms with Gasteiger partial charge in [-0.2, -0.15) is 18.4 Å². The zero-order valence-electron chi connectivity index (χ0n) is 11.4. The fourth-order valence-electron chi connectivity index (χ4n) is 3.15. The van der Waals surface area contributed by atoms with Crippen LogP contribution in [0.3, 0.4) is 0 Å². The van der Waals surface area contributed by atoms with Crippen molar-refractivity contribution in [2.75, 3.05) is 0 Å². The standard InChI is InChI=1S/C15H12F3NO2S/c16-15(17,18)14-7-9(1-2-10(14)8-19)11-5-12-3-4-13(6-11)22(12,20)21/h1-2,5,7,12-13H,3-4,6H2. The van der Waals surface area contributed by atoms with Crippen LogP contribution in [0.2, 0.25) is 0 Å². The molecule has 7 heteroatoms. The van der Waals surface area contributed by atoms with Gasteiger partial charge < -0.3 is 0 Å². The highest BCUT2D eigenvalue weighted by Crippen LogP contribution is 2.42. The molecule has 3 nitrogen and oxygen atoms in total. The summed E-state index contributed by atoms with van der Waals surface area (Å²) in [5.41, 5.74) is -0.437. The molecule has 1 fully saturated rings. The van der Waals surface area contributed by atoms with Gasteiger partial charge in [-0.1, -0.05) is 12.1 Å². The molecule has 0 amide bonds. The minimum atomic E-state index is -4.61. The van der Waals surface area contributed by atoms with Gasteiger partial charge in [0.2, 0.25) is 0 Å². The van der Waals surface area contributed by atoms with Gasteiger partial charge >= 0.3 is 6.18 Å². The van der Waals surface area contributed by atoms with Crippen molar-refractivity contribution in [2.24, 2.45) is 0 Å². The van der Waals surface area contributed by atoms with E-state index in [1.165, 1.54) is 12.1 Å². The lowest BCUT2D eigenvalue weighted by molar-refractivity contribution is -0.137. The van der Waals surface area contributed by atoms with Crippen LogP contribution < -0.4 is 0 Å². The number of benzene rings is 1. The topological polar surface area (TPSA) is 57.9 Å². The van der Waals surface area contributed by atoms with Gasteiger partial charge in [-0.3, -0.25) is 0 Å². The summed E-state index contributed by atoms with van der Waals surface area (Å²) in [4.78, 5) is 0. The number of hydrogen-bond donors (Lipinski definition) is 0. The maximum atomic E-state index is 13.0. The summed E-state index contributed by atoms with van der Waals surface area (Å²) >= 11 is 0. The molecule has 0 saturated carbocycles. The summed E-state index contributed by atoms with van der Waals surface area (Å²) in [5.74, 6) is 0. The van der Waals surface area contributed by atoms with E-state index in [1.807, 2.05) is 0 Å². The number of halogens is 3. The number of rotatable bonds is 1. The summed E-state index contributed by atoms with van der Waals surface area (Å²) < 4.78 is 63.0. The molecular weight excluding hydrogens is 315 g/mol. The monoisotopic (exact) mass is 327 g/mol. The van der Waals surface area contributed by atoms with Crippen LogP contribution in [0.25, 0.3) is 5.57 Å². The van der Waals surface area contributed by atoms with Gasteiger partial charge in [-0.15, -0.1) is 0 Å². The molecule has 0 radical (unpaired) electrons. The Balaban J connectivity index is 2.06. The molecule has 0 aromatic heterocycles. The van der Waals surface area contributed by atoms with E-state index >= 15 is 0 Å². The largest absolute Gasteiger partial charge is 0.417 e. The minimum Gasteiger partial charge on any atom is -0.228 e. The number of sulfone groups is 1. The van der Waals surface area contributed by atoms with E-state index in [0.29, 0.717) is 24.0 Å². The molecule has 1 aromatic rings. The molecule has 2 heterocycles. The first-order valence-electron chi connectivity index (χ1n) is 6.78. The number of hydrogen-bond acceptors (Lipinski definition) is 3. The van der Waals surface area contributed by atoms with Gasteiger partial charge in [0, 0.05) is 0 Å². The zero-order valence-corrected chi connectivity index (χ0v) is 12.2. The Morgan fingerprint density at radius 3 is 2.55 bits per heavy atom. The highest BCUT2D eigenvalue weighted by atomic mass is 32.2. The fourth-order valence-corrected chi connectivity index (χ4v) is 5.34. The number of alkyl halides is 3. The van der Waals surface area contributed by atoms with E-state index in [9.17, 15) is 21.6 Å². The van der Waals surface area contributed by atoms with Crippen LogP contribution in [-0.4, -0.2) is 18.9 Å². The highest BCUT2D eigenvalue weighted by molar-refractivity contribution is 7.93. The first-order chi connectivity index (χ1) is 10.2. The van der Waals surface area contributed by atoms with Crippen molar-refractivity contribution < 1.29 is 21.6 Å². The Labute approximate surface area is 126 Å². The van der Waals surface area contributed by atoms with Crippen LogP contribution in [-0.2, 0) is 16.0 Å². The summed E-state index contributed by atoms with van der Waals surface area (Å²) in [6.45, 7) is 0. The molecule has 1 saturated heterocycles. The van der Waals surface area contributed by atoms with Crippen molar-refractivity contribution in [3.8, 4) is 6.07 Å². The Morgan fingerprint density at radius 2 is 1.95 bits per heavy atom. The van der Waals surface area contributed by atoms with Crippen LogP contribution in [0.4, 0.5) is 13.2 Å². The van der Waals surface area contributed by atoms with Crippen molar-refractivity contribution in [1.82, 2.24) is 0 Å². The van der Waals surface area contributed by atoms with Crippen LogP contribution in [0, 0.1) is 11.3 Å². The van der Waals surface area contributed by atoms with Gasteiger partial charge in [-0.05, 0) is 42.5 Å². The predicted octanol–water partition coefficient (Wildman–Crippen LogP) is 3.31. The third-order valence-electron chi connectivity index (χ3n) is 4.31. The Hall–Kier alpha value is -1.81. The quantitative estimate of drug-likeness (QED) is 0.795. The second-order valence-electron chi connectivity index (χ2n) is 5.59. The van der Waals surface area contributed by atoms with E-state index in [-0.39, 0.29) is 6.42 Å². The molecule has 0 aliphatic carbocycles. The summed E-state index contributed by atoms with van der Waals surface area (Å²) in [7, 11) is -3.17. The summed E-state index contributed by atoms with van der Waals surface area (Å²) in [5, 5.41) is 7.71. The fraction of sp³-hybridized carbons (Fsp3) is 0.400. The van der Waals surface area contributed by atoms with Crippen molar-refractivity contribution in [3.63, 3.8) is 0 Å². The van der Waals surface area contributed by atoms with Crippen LogP contribution >= 0.6 is 0 Å². The lowest BCUT2D eigenvalue weighted by Crippen LogP contribution is -2.26. The number of allylic oxidation sites excluding steroid dienone is 1. The molecular formula is C15H12F3NO2S. The molecule has 0 spiro atoms. The normalized spacial score (nSPS) is 26.4. The molecule has 0 N–H and O–H groups in total. The molecule has 2 aliphatic rings. The molecule has 2 bridgehead atoms. The molecule has 22 heavy (non-hydrogen) atoms. The number of nitrogens with zero attached hydrogens (tertiary/aromatic N) is 1. The molecule has 1 aromatic carbocycles. The first-order valence-corrected chi connectivity index (χ1v) is 8.39. The minimum absolute atomic E-state index is 0.238. The zero-order chi connectivity index (χ0) is 16.1. The average molecular weight is 327 g/mol. The lowest BCUT2D eigenvalue weighted by Gasteiger charge is -2.21. The Bertz CT molecular complexity index is 803. The molecule has 116 valence electrons. The lowest BCUT2D eigenvalue weighted by atomic mass is 9.96. The maximum Gasteiger partial charge on any atom is 0.417 e. The van der Waals surface area contributed by atoms with Gasteiger partial charge in [0.05, 0.1) is 27.7 Å². The second kappa shape index (κ2) is 4.85. The van der Waals surface area contributed by atoms with Gasteiger partial charge in [0.25, 0.3) is 0 Å². The van der Waals surface area contributed by atoms with E-state index in [2.05, 4.69) is 0 Å². The van der Waals surface area contributed by atoms with E-state index < -0.39 is 37.6 Å². The maximum absolute atomic E-state index is 13.0. The van der Waals surface area contributed by atoms with Crippen molar-refractivity contribution in [1.29, 1.82) is 5.26 Å². The van der Waals surface area contributed by atoms with Gasteiger partial charge in [-0.25, -0.2) is 8.42 Å². The van der Waals surface area contributed by atoms with Crippen LogP contribution in [0.5, 0.6) is 0 Å². The second-order valence-corrected chi connectivity index (χ2v) is 8.04. The highest BCUT2D eigenvalue weighted by Gasteiger charge is 2.43. The van der Waals surface area contributed by atoms with Crippen molar-refractivity contribution in [2.45, 2.75) is 35.9 Å². The average Bonchev–Trinajstić information content (AvgIpc) is 2.66. The Morgan fingerprint density at radius 1 is 1.23 bits per heavy atom. The first kappa shape index (κ1) is 15.1. The predicted molar refractivity (Wildman–Crippen MR) is 74.5 cm³/mol. The molecule has 2 aliphatic heterocycles. The summed E-state index contributed by atoms with van der Waals surface area (Å²) in [6.07, 6.45) is -1.72. The summed E-state index contributed by atoms with van der Waals surface area (Å²) in [6, 6.07) is 5.08. The van der Waals surface area contributed by atoms with E-state index in [4.69, 9.17) is 5.26 Å². The Kier molecular flexibility index (Phi) is 3.33. The van der Waals surface area contributed by atoms with Crippen LogP contribution in [0.1, 0.15) is 36.0 Å². The van der Waals surface area contributed by atoms with Crippen molar-refractivity contribution in [3.05, 3.63) is 41.0 Å². The van der Waals surface area contributed by atoms with E-state index in [0.717, 1.165) is 12.1 Å². The number of nitriles is 1. The van der Waals surface area contributed by atoms with Gasteiger partial charge in [0.1, 0.15) is 0 Å². The molecule has 3 rings (SSSR count). The van der Waals surface area contributed by atoms with Crippen LogP contribution in [0.15, 0.2) is 24.3 Å². The van der Waals surface area contributed by atoms with Gasteiger partial charge in [0.15, 0.2) is 9.84 Å². The number of fused-ring (bicyclic) bond motifs is 2.